The number of benzene rings is 1. The van der Waals surface area contributed by atoms with Gasteiger partial charge in [-0.3, -0.25) is 14.6 Å². The summed E-state index contributed by atoms with van der Waals surface area (Å²) >= 11 is 0. The van der Waals surface area contributed by atoms with Crippen molar-refractivity contribution in [3.63, 3.8) is 0 Å². The van der Waals surface area contributed by atoms with Crippen LogP contribution >= 0.6 is 0 Å². The molecule has 0 aliphatic heterocycles. The summed E-state index contributed by atoms with van der Waals surface area (Å²) in [6.07, 6.45) is 5.65. The summed E-state index contributed by atoms with van der Waals surface area (Å²) in [4.78, 5) is 36.8. The van der Waals surface area contributed by atoms with Crippen molar-refractivity contribution in [2.45, 2.75) is 19.8 Å². The van der Waals surface area contributed by atoms with E-state index in [0.29, 0.717) is 18.7 Å². The first-order chi connectivity index (χ1) is 11.6. The summed E-state index contributed by atoms with van der Waals surface area (Å²) in [5.74, 6) is -0.615. The van der Waals surface area contributed by atoms with E-state index in [1.54, 1.807) is 36.9 Å². The number of nitrogens with one attached hydrogen (secondary N) is 3. The van der Waals surface area contributed by atoms with Gasteiger partial charge in [0, 0.05) is 25.8 Å². The summed E-state index contributed by atoms with van der Waals surface area (Å²) in [6.45, 7) is 2.28. The SMILES string of the molecule is CCCC(=O)NC/C=N/c1cc(/C=C/C(=O)NN=O)ccc1NC. The van der Waals surface area contributed by atoms with Crippen molar-refractivity contribution in [1.29, 1.82) is 0 Å². The zero-order valence-corrected chi connectivity index (χ0v) is 13.7. The molecule has 0 aromatic heterocycles. The van der Waals surface area contributed by atoms with Crippen LogP contribution in [0.15, 0.2) is 34.6 Å². The van der Waals surface area contributed by atoms with Crippen LogP contribution in [0.5, 0.6) is 0 Å². The second-order valence-corrected chi connectivity index (χ2v) is 4.79. The number of nitrogens with zero attached hydrogens (tertiary/aromatic N) is 2. The number of nitroso groups, excluding NO2 is 1. The lowest BCUT2D eigenvalue weighted by Crippen LogP contribution is -2.24. The van der Waals surface area contributed by atoms with Gasteiger partial charge in [0.05, 0.1) is 23.2 Å². The maximum absolute atomic E-state index is 11.4. The molecule has 0 atom stereocenters. The summed E-state index contributed by atoms with van der Waals surface area (Å²) < 4.78 is 0. The van der Waals surface area contributed by atoms with Crippen LogP contribution in [0, 0.1) is 4.91 Å². The first kappa shape index (κ1) is 19.0. The van der Waals surface area contributed by atoms with E-state index >= 15 is 0 Å². The fraction of sp³-hybridized carbons (Fsp3) is 0.312. The molecule has 1 aromatic rings. The van der Waals surface area contributed by atoms with E-state index in [4.69, 9.17) is 0 Å². The van der Waals surface area contributed by atoms with Gasteiger partial charge in [-0.2, -0.15) is 0 Å². The van der Waals surface area contributed by atoms with Crippen LogP contribution in [-0.4, -0.2) is 31.6 Å². The molecule has 0 saturated carbocycles. The second kappa shape index (κ2) is 10.7. The van der Waals surface area contributed by atoms with Gasteiger partial charge < -0.3 is 10.6 Å². The lowest BCUT2D eigenvalue weighted by atomic mass is 10.1. The van der Waals surface area contributed by atoms with Gasteiger partial charge in [-0.05, 0) is 30.2 Å². The van der Waals surface area contributed by atoms with Crippen LogP contribution in [0.2, 0.25) is 0 Å². The molecule has 3 N–H and O–H groups in total. The van der Waals surface area contributed by atoms with Gasteiger partial charge in [-0.25, -0.2) is 5.43 Å². The molecular formula is C16H21N5O3. The Hall–Kier alpha value is -3.03. The number of anilines is 1. The van der Waals surface area contributed by atoms with Crippen molar-refractivity contribution in [2.24, 2.45) is 10.3 Å². The zero-order chi connectivity index (χ0) is 17.8. The van der Waals surface area contributed by atoms with E-state index in [9.17, 15) is 14.5 Å². The van der Waals surface area contributed by atoms with Crippen LogP contribution in [-0.2, 0) is 9.59 Å². The first-order valence-corrected chi connectivity index (χ1v) is 7.52. The Balaban J connectivity index is 2.77. The van der Waals surface area contributed by atoms with Crippen molar-refractivity contribution in [2.75, 3.05) is 18.9 Å². The average Bonchev–Trinajstić information content (AvgIpc) is 2.57. The van der Waals surface area contributed by atoms with Gasteiger partial charge in [-0.1, -0.05) is 13.0 Å². The van der Waals surface area contributed by atoms with Gasteiger partial charge in [-0.15, -0.1) is 4.91 Å². The predicted molar refractivity (Wildman–Crippen MR) is 95.0 cm³/mol. The fourth-order valence-electron chi connectivity index (χ4n) is 1.84. The van der Waals surface area contributed by atoms with Crippen molar-refractivity contribution >= 4 is 35.5 Å². The van der Waals surface area contributed by atoms with E-state index in [0.717, 1.165) is 17.7 Å². The van der Waals surface area contributed by atoms with E-state index in [1.165, 1.54) is 6.08 Å². The van der Waals surface area contributed by atoms with Crippen molar-refractivity contribution < 1.29 is 9.59 Å². The molecule has 0 aliphatic rings. The van der Waals surface area contributed by atoms with Crippen LogP contribution < -0.4 is 16.1 Å². The van der Waals surface area contributed by atoms with Gasteiger partial charge in [0.2, 0.25) is 5.91 Å². The minimum atomic E-state index is -0.605. The third-order valence-corrected chi connectivity index (χ3v) is 2.97. The van der Waals surface area contributed by atoms with E-state index in [2.05, 4.69) is 20.9 Å². The monoisotopic (exact) mass is 331 g/mol. The molecule has 0 bridgehead atoms. The number of carbonyl (C=O) groups is 2. The van der Waals surface area contributed by atoms with Gasteiger partial charge in [0.15, 0.2) is 0 Å². The van der Waals surface area contributed by atoms with Gasteiger partial charge >= 0.3 is 0 Å². The summed E-state index contributed by atoms with van der Waals surface area (Å²) in [5.41, 5.74) is 3.98. The summed E-state index contributed by atoms with van der Waals surface area (Å²) in [7, 11) is 1.77. The lowest BCUT2D eigenvalue weighted by Gasteiger charge is -2.06. The Morgan fingerprint density at radius 2 is 2.08 bits per heavy atom. The van der Waals surface area contributed by atoms with Crippen molar-refractivity contribution in [1.82, 2.24) is 10.7 Å². The first-order valence-electron chi connectivity index (χ1n) is 7.52. The minimum absolute atomic E-state index is 0.00993. The predicted octanol–water partition coefficient (Wildman–Crippen LogP) is 2.16. The molecule has 0 fully saturated rings. The minimum Gasteiger partial charge on any atom is -0.386 e. The maximum Gasteiger partial charge on any atom is 0.266 e. The highest BCUT2D eigenvalue weighted by Crippen LogP contribution is 2.26. The largest absolute Gasteiger partial charge is 0.386 e. The molecule has 8 heteroatoms. The molecule has 2 amide bonds. The highest BCUT2D eigenvalue weighted by molar-refractivity contribution is 5.91. The van der Waals surface area contributed by atoms with Crippen molar-refractivity contribution in [3.05, 3.63) is 34.7 Å². The average molecular weight is 331 g/mol. The second-order valence-electron chi connectivity index (χ2n) is 4.79. The highest BCUT2D eigenvalue weighted by atomic mass is 16.3. The maximum atomic E-state index is 11.4. The molecule has 24 heavy (non-hydrogen) atoms. The molecule has 0 aliphatic carbocycles. The quantitative estimate of drug-likeness (QED) is 0.278. The Bertz CT molecular complexity index is 641. The molecule has 0 saturated heterocycles. The Morgan fingerprint density at radius 3 is 2.75 bits per heavy atom. The molecule has 8 nitrogen and oxygen atoms in total. The van der Waals surface area contributed by atoms with E-state index in [1.807, 2.05) is 13.0 Å². The fourth-order valence-corrected chi connectivity index (χ4v) is 1.84. The Morgan fingerprint density at radius 1 is 1.29 bits per heavy atom. The molecule has 0 unspecified atom stereocenters. The normalized spacial score (nSPS) is 10.8. The third-order valence-electron chi connectivity index (χ3n) is 2.97. The number of amides is 2. The number of aliphatic imine (C=N–C) groups is 1. The zero-order valence-electron chi connectivity index (χ0n) is 13.7. The standard InChI is InChI=1S/C16H21N5O3/c1-3-4-15(22)19-10-9-18-14-11-12(5-7-13(14)17-2)6-8-16(23)20-21-24/h5-9,11,17H,3-4,10H2,1-2H3,(H,19,22)(H,20,23,24)/b8-6+,18-9+. The number of hydrogen-bond acceptors (Lipinski definition) is 6. The molecule has 0 spiro atoms. The molecule has 0 heterocycles. The Kier molecular flexibility index (Phi) is 8.44. The smallest absolute Gasteiger partial charge is 0.266 e. The molecule has 1 rings (SSSR count). The molecular weight excluding hydrogens is 310 g/mol. The van der Waals surface area contributed by atoms with Crippen LogP contribution in [0.1, 0.15) is 25.3 Å². The highest BCUT2D eigenvalue weighted by Gasteiger charge is 2.01. The van der Waals surface area contributed by atoms with Crippen LogP contribution in [0.4, 0.5) is 11.4 Å². The summed E-state index contributed by atoms with van der Waals surface area (Å²) in [5, 5.41) is 8.06. The lowest BCUT2D eigenvalue weighted by molar-refractivity contribution is -0.120. The molecule has 0 radical (unpaired) electrons. The van der Waals surface area contributed by atoms with Crippen LogP contribution in [0.25, 0.3) is 6.08 Å². The molecule has 128 valence electrons. The Labute approximate surface area is 140 Å². The number of rotatable bonds is 9. The van der Waals surface area contributed by atoms with Crippen molar-refractivity contribution in [3.8, 4) is 0 Å². The van der Waals surface area contributed by atoms with Gasteiger partial charge in [0.1, 0.15) is 0 Å². The van der Waals surface area contributed by atoms with E-state index in [-0.39, 0.29) is 5.91 Å². The third kappa shape index (κ3) is 6.82. The summed E-state index contributed by atoms with van der Waals surface area (Å²) in [6, 6.07) is 5.39. The number of carbonyl (C=O) groups excluding carboxylic acids is 2. The van der Waals surface area contributed by atoms with E-state index < -0.39 is 5.91 Å². The topological polar surface area (TPSA) is 112 Å². The van der Waals surface area contributed by atoms with Crippen LogP contribution in [0.3, 0.4) is 0 Å². The van der Waals surface area contributed by atoms with Gasteiger partial charge in [0.25, 0.3) is 5.91 Å². The number of hydrogen-bond donors (Lipinski definition) is 3. The molecule has 1 aromatic carbocycles.